The summed E-state index contributed by atoms with van der Waals surface area (Å²) in [6.45, 7) is 2.00. The summed E-state index contributed by atoms with van der Waals surface area (Å²) in [7, 11) is 0. The first-order valence-corrected chi connectivity index (χ1v) is 7.31. The van der Waals surface area contributed by atoms with Crippen LogP contribution in [0.2, 0.25) is 0 Å². The molecular weight excluding hydrogens is 268 g/mol. The summed E-state index contributed by atoms with van der Waals surface area (Å²) in [5.41, 5.74) is 6.04. The van der Waals surface area contributed by atoms with E-state index in [0.717, 1.165) is 28.2 Å². The van der Waals surface area contributed by atoms with Crippen LogP contribution in [0, 0.1) is 6.92 Å². The van der Waals surface area contributed by atoms with Crippen LogP contribution in [0.3, 0.4) is 0 Å². The van der Waals surface area contributed by atoms with Crippen LogP contribution >= 0.6 is 11.3 Å². The second-order valence-electron chi connectivity index (χ2n) is 4.68. The van der Waals surface area contributed by atoms with Crippen LogP contribution in [0.1, 0.15) is 22.3 Å². The lowest BCUT2D eigenvalue weighted by atomic mass is 10.0. The number of nitrogens with one attached hydrogen (secondary N) is 1. The molecule has 0 radical (unpaired) electrons. The highest BCUT2D eigenvalue weighted by Gasteiger charge is 2.15. The van der Waals surface area contributed by atoms with E-state index in [1.165, 1.54) is 4.70 Å². The zero-order valence-electron chi connectivity index (χ0n) is 11.2. The Kier molecular flexibility index (Phi) is 3.73. The quantitative estimate of drug-likeness (QED) is 0.571. The number of rotatable bonds is 4. The second-order valence-corrected chi connectivity index (χ2v) is 5.79. The van der Waals surface area contributed by atoms with E-state index in [2.05, 4.69) is 27.5 Å². The molecule has 3 aromatic rings. The molecule has 0 saturated heterocycles. The average molecular weight is 284 g/mol. The van der Waals surface area contributed by atoms with Gasteiger partial charge in [0, 0.05) is 18.3 Å². The van der Waals surface area contributed by atoms with Gasteiger partial charge in [-0.2, -0.15) is 0 Å². The lowest BCUT2D eigenvalue weighted by Crippen LogP contribution is -2.30. The molecule has 20 heavy (non-hydrogen) atoms. The van der Waals surface area contributed by atoms with Gasteiger partial charge in [0.25, 0.3) is 0 Å². The third-order valence-corrected chi connectivity index (χ3v) is 4.40. The molecule has 1 unspecified atom stereocenters. The highest BCUT2D eigenvalue weighted by atomic mass is 32.1. The summed E-state index contributed by atoms with van der Waals surface area (Å²) in [4.78, 5) is 8.98. The van der Waals surface area contributed by atoms with Crippen LogP contribution in [0.25, 0.3) is 10.2 Å². The monoisotopic (exact) mass is 284 g/mol. The zero-order chi connectivity index (χ0) is 13.9. The first-order valence-electron chi connectivity index (χ1n) is 6.50. The first kappa shape index (κ1) is 13.2. The molecule has 0 bridgehead atoms. The number of nitrogens with zero attached hydrogens (tertiary/aromatic N) is 2. The molecule has 0 fully saturated rings. The van der Waals surface area contributed by atoms with Crippen LogP contribution in [0.4, 0.5) is 0 Å². The highest BCUT2D eigenvalue weighted by Crippen LogP contribution is 2.26. The van der Waals surface area contributed by atoms with E-state index in [1.54, 1.807) is 17.5 Å². The van der Waals surface area contributed by atoms with Gasteiger partial charge in [-0.25, -0.2) is 4.98 Å². The number of hydrogen-bond donors (Lipinski definition) is 2. The maximum atomic E-state index is 5.71. The van der Waals surface area contributed by atoms with E-state index in [0.29, 0.717) is 0 Å². The third-order valence-electron chi connectivity index (χ3n) is 3.34. The number of aromatic nitrogens is 2. The molecule has 0 aliphatic rings. The molecule has 2 aromatic heterocycles. The van der Waals surface area contributed by atoms with Crippen LogP contribution in [0.15, 0.2) is 42.6 Å². The van der Waals surface area contributed by atoms with Crippen molar-refractivity contribution in [2.24, 2.45) is 5.84 Å². The minimum atomic E-state index is 0.0317. The minimum Gasteiger partial charge on any atom is -0.271 e. The Morgan fingerprint density at radius 1 is 1.25 bits per heavy atom. The summed E-state index contributed by atoms with van der Waals surface area (Å²) in [6.07, 6.45) is 2.56. The fraction of sp³-hybridized carbons (Fsp3) is 0.200. The number of thiazole rings is 1. The molecule has 5 heteroatoms. The maximum absolute atomic E-state index is 5.71. The normalized spacial score (nSPS) is 12.7. The van der Waals surface area contributed by atoms with Crippen molar-refractivity contribution in [3.05, 3.63) is 58.9 Å². The Morgan fingerprint density at radius 3 is 2.85 bits per heavy atom. The Hall–Kier alpha value is -1.82. The SMILES string of the molecule is Cc1ncccc1C(Cc1nc2ccccc2s1)NN. The number of hydrogen-bond acceptors (Lipinski definition) is 5. The fourth-order valence-electron chi connectivity index (χ4n) is 2.31. The molecule has 2 heterocycles. The van der Waals surface area contributed by atoms with Crippen molar-refractivity contribution < 1.29 is 0 Å². The molecule has 0 aliphatic carbocycles. The average Bonchev–Trinajstić information content (AvgIpc) is 2.88. The molecule has 102 valence electrons. The van der Waals surface area contributed by atoms with Gasteiger partial charge < -0.3 is 0 Å². The Bertz CT molecular complexity index is 689. The van der Waals surface area contributed by atoms with Crippen LogP contribution < -0.4 is 11.3 Å². The molecular formula is C15H16N4S. The largest absolute Gasteiger partial charge is 0.271 e. The molecule has 3 rings (SSSR count). The van der Waals surface area contributed by atoms with Crippen LogP contribution in [-0.4, -0.2) is 9.97 Å². The van der Waals surface area contributed by atoms with E-state index in [9.17, 15) is 0 Å². The van der Waals surface area contributed by atoms with Gasteiger partial charge in [0.1, 0.15) is 0 Å². The molecule has 0 aliphatic heterocycles. The number of benzene rings is 1. The van der Waals surface area contributed by atoms with Gasteiger partial charge in [0.2, 0.25) is 0 Å². The van der Waals surface area contributed by atoms with E-state index in [1.807, 2.05) is 31.2 Å². The van der Waals surface area contributed by atoms with Crippen molar-refractivity contribution in [3.63, 3.8) is 0 Å². The lowest BCUT2D eigenvalue weighted by Gasteiger charge is -2.16. The van der Waals surface area contributed by atoms with Gasteiger partial charge in [-0.15, -0.1) is 11.3 Å². The summed E-state index contributed by atoms with van der Waals surface area (Å²) in [6, 6.07) is 12.2. The summed E-state index contributed by atoms with van der Waals surface area (Å²) < 4.78 is 1.21. The van der Waals surface area contributed by atoms with Crippen LogP contribution in [0.5, 0.6) is 0 Å². The number of pyridine rings is 1. The standard InChI is InChI=1S/C15H16N4S/c1-10-11(5-4-8-17-10)13(19-16)9-15-18-12-6-2-3-7-14(12)20-15/h2-8,13,19H,9,16H2,1H3. The summed E-state index contributed by atoms with van der Waals surface area (Å²) in [5, 5.41) is 1.08. The minimum absolute atomic E-state index is 0.0317. The van der Waals surface area contributed by atoms with Crippen molar-refractivity contribution in [1.29, 1.82) is 0 Å². The smallest absolute Gasteiger partial charge is 0.0958 e. The third kappa shape index (κ3) is 2.56. The van der Waals surface area contributed by atoms with E-state index >= 15 is 0 Å². The molecule has 4 nitrogen and oxygen atoms in total. The molecule has 1 aromatic carbocycles. The van der Waals surface area contributed by atoms with Crippen molar-refractivity contribution in [2.45, 2.75) is 19.4 Å². The molecule has 3 N–H and O–H groups in total. The van der Waals surface area contributed by atoms with Gasteiger partial charge in [-0.3, -0.25) is 16.3 Å². The zero-order valence-corrected chi connectivity index (χ0v) is 12.0. The summed E-state index contributed by atoms with van der Waals surface area (Å²) in [5.74, 6) is 5.71. The fourth-order valence-corrected chi connectivity index (χ4v) is 3.32. The number of fused-ring (bicyclic) bond motifs is 1. The van der Waals surface area contributed by atoms with Gasteiger partial charge in [0.05, 0.1) is 21.3 Å². The van der Waals surface area contributed by atoms with Crippen LogP contribution in [-0.2, 0) is 6.42 Å². The maximum Gasteiger partial charge on any atom is 0.0958 e. The Balaban J connectivity index is 1.90. The van der Waals surface area contributed by atoms with Crippen molar-refractivity contribution in [2.75, 3.05) is 0 Å². The first-order chi connectivity index (χ1) is 9.78. The van der Waals surface area contributed by atoms with Crippen molar-refractivity contribution in [3.8, 4) is 0 Å². The van der Waals surface area contributed by atoms with E-state index < -0.39 is 0 Å². The Labute approximate surface area is 121 Å². The lowest BCUT2D eigenvalue weighted by molar-refractivity contribution is 0.546. The molecule has 1 atom stereocenters. The summed E-state index contributed by atoms with van der Waals surface area (Å²) >= 11 is 1.71. The van der Waals surface area contributed by atoms with Crippen molar-refractivity contribution >= 4 is 21.6 Å². The predicted molar refractivity (Wildman–Crippen MR) is 82.4 cm³/mol. The van der Waals surface area contributed by atoms with E-state index in [-0.39, 0.29) is 6.04 Å². The predicted octanol–water partition coefficient (Wildman–Crippen LogP) is 2.75. The molecule has 0 amide bonds. The molecule has 0 saturated carbocycles. The van der Waals surface area contributed by atoms with Crippen molar-refractivity contribution in [1.82, 2.24) is 15.4 Å². The topological polar surface area (TPSA) is 63.8 Å². The number of nitrogens with two attached hydrogens (primary N) is 1. The van der Waals surface area contributed by atoms with Gasteiger partial charge in [-0.1, -0.05) is 18.2 Å². The Morgan fingerprint density at radius 2 is 2.10 bits per heavy atom. The highest BCUT2D eigenvalue weighted by molar-refractivity contribution is 7.18. The van der Waals surface area contributed by atoms with Gasteiger partial charge in [-0.05, 0) is 30.7 Å². The second kappa shape index (κ2) is 5.66. The van der Waals surface area contributed by atoms with Gasteiger partial charge in [0.15, 0.2) is 0 Å². The number of hydrazine groups is 1. The molecule has 0 spiro atoms. The number of aryl methyl sites for hydroxylation is 1. The van der Waals surface area contributed by atoms with Gasteiger partial charge >= 0.3 is 0 Å². The van der Waals surface area contributed by atoms with E-state index in [4.69, 9.17) is 5.84 Å². The number of para-hydroxylation sites is 1.